The third kappa shape index (κ3) is 4.04. The first-order chi connectivity index (χ1) is 8.40. The molecule has 0 radical (unpaired) electrons. The summed E-state index contributed by atoms with van der Waals surface area (Å²) in [6.07, 6.45) is 0. The van der Waals surface area contributed by atoms with Crippen LogP contribution in [0.3, 0.4) is 0 Å². The van der Waals surface area contributed by atoms with Crippen LogP contribution in [-0.4, -0.2) is 21.4 Å². The Kier molecular flexibility index (Phi) is 6.19. The van der Waals surface area contributed by atoms with E-state index in [-0.39, 0.29) is 9.79 Å². The molecule has 0 fully saturated rings. The quantitative estimate of drug-likeness (QED) is 0.473. The van der Waals surface area contributed by atoms with E-state index in [4.69, 9.17) is 0 Å². The average Bonchev–Trinajstić information content (AvgIpc) is 2.27. The van der Waals surface area contributed by atoms with Crippen LogP contribution in [-0.2, 0) is 19.7 Å². The summed E-state index contributed by atoms with van der Waals surface area (Å²) in [6.45, 7) is 0. The van der Waals surface area contributed by atoms with E-state index in [2.05, 4.69) is 79.6 Å². The van der Waals surface area contributed by atoms with E-state index in [0.29, 0.717) is 0 Å². The van der Waals surface area contributed by atoms with Gasteiger partial charge in [-0.3, -0.25) is 0 Å². The Balaban J connectivity index is 3.48. The zero-order valence-electron chi connectivity index (χ0n) is 8.73. The molecule has 1 aromatic rings. The third-order valence-electron chi connectivity index (χ3n) is 1.98. The first-order valence-electron chi connectivity index (χ1n) is 4.34. The molecule has 0 aromatic heterocycles. The van der Waals surface area contributed by atoms with Crippen molar-refractivity contribution in [2.45, 2.75) is 14.3 Å². The van der Waals surface area contributed by atoms with Crippen molar-refractivity contribution in [2.75, 3.05) is 0 Å². The SMILES string of the molecule is O=S(=O)(c1cccc(S(=O)(=O)C(Br)(Br)Br)c1)C(Br)Br. The summed E-state index contributed by atoms with van der Waals surface area (Å²) in [7, 11) is -7.51. The highest BCUT2D eigenvalue weighted by Gasteiger charge is 2.38. The topological polar surface area (TPSA) is 68.3 Å². The van der Waals surface area contributed by atoms with Gasteiger partial charge in [0.05, 0.1) is 9.79 Å². The van der Waals surface area contributed by atoms with Gasteiger partial charge in [0, 0.05) is 0 Å². The fourth-order valence-corrected chi connectivity index (χ4v) is 5.68. The lowest BCUT2D eigenvalue weighted by Gasteiger charge is -2.14. The highest BCUT2D eigenvalue weighted by Crippen LogP contribution is 2.43. The van der Waals surface area contributed by atoms with Crippen LogP contribution in [0.2, 0.25) is 0 Å². The number of alkyl halides is 5. The number of benzene rings is 1. The molecule has 19 heavy (non-hydrogen) atoms. The molecule has 1 aromatic carbocycles. The fourth-order valence-electron chi connectivity index (χ4n) is 1.05. The van der Waals surface area contributed by atoms with Crippen molar-refractivity contribution >= 4 is 99.3 Å². The van der Waals surface area contributed by atoms with Gasteiger partial charge in [-0.2, -0.15) is 0 Å². The molecule has 0 aliphatic rings. The van der Waals surface area contributed by atoms with Crippen molar-refractivity contribution < 1.29 is 16.8 Å². The molecule has 0 heterocycles. The zero-order chi connectivity index (χ0) is 15.1. The van der Waals surface area contributed by atoms with Crippen LogP contribution in [0.4, 0.5) is 0 Å². The summed E-state index contributed by atoms with van der Waals surface area (Å²) in [5.74, 6) is 0. The van der Waals surface area contributed by atoms with Gasteiger partial charge in [-0.15, -0.1) is 0 Å². The van der Waals surface area contributed by atoms with Crippen LogP contribution in [0.15, 0.2) is 34.1 Å². The summed E-state index contributed by atoms with van der Waals surface area (Å²) in [6, 6.07) is 5.09. The third-order valence-corrected chi connectivity index (χ3v) is 11.6. The first-order valence-corrected chi connectivity index (χ1v) is 11.6. The molecule has 108 valence electrons. The van der Waals surface area contributed by atoms with Gasteiger partial charge in [0.25, 0.3) is 0 Å². The second-order valence-electron chi connectivity index (χ2n) is 3.23. The average molecular weight is 629 g/mol. The number of hydrogen-bond donors (Lipinski definition) is 0. The van der Waals surface area contributed by atoms with Gasteiger partial charge < -0.3 is 0 Å². The Morgan fingerprint density at radius 2 is 1.42 bits per heavy atom. The van der Waals surface area contributed by atoms with Gasteiger partial charge in [0.15, 0.2) is 3.07 Å². The predicted molar refractivity (Wildman–Crippen MR) is 92.0 cm³/mol. The van der Waals surface area contributed by atoms with E-state index in [1.807, 2.05) is 0 Å². The van der Waals surface area contributed by atoms with Gasteiger partial charge in [0.2, 0.25) is 21.1 Å². The summed E-state index contributed by atoms with van der Waals surface area (Å²) in [5, 5.41) is 0. The van der Waals surface area contributed by atoms with Gasteiger partial charge in [0.1, 0.15) is 0 Å². The van der Waals surface area contributed by atoms with Gasteiger partial charge in [-0.25, -0.2) is 16.8 Å². The Labute approximate surface area is 153 Å². The molecule has 1 rings (SSSR count). The maximum Gasteiger partial charge on any atom is 0.239 e. The number of halogens is 5. The van der Waals surface area contributed by atoms with Crippen molar-refractivity contribution in [3.8, 4) is 0 Å². The zero-order valence-corrected chi connectivity index (χ0v) is 18.3. The molecule has 0 unspecified atom stereocenters. The molecule has 11 heteroatoms. The minimum absolute atomic E-state index is 0.107. The molecular formula is C8H5Br5O4S2. The van der Waals surface area contributed by atoms with Crippen LogP contribution in [0.5, 0.6) is 0 Å². The molecule has 0 aliphatic heterocycles. The lowest BCUT2D eigenvalue weighted by Crippen LogP contribution is -2.18. The van der Waals surface area contributed by atoms with E-state index in [9.17, 15) is 16.8 Å². The summed E-state index contributed by atoms with van der Waals surface area (Å²) in [5.41, 5.74) is 0. The Morgan fingerprint density at radius 1 is 0.947 bits per heavy atom. The molecule has 0 amide bonds. The molecule has 0 atom stereocenters. The van der Waals surface area contributed by atoms with E-state index in [1.165, 1.54) is 18.2 Å². The van der Waals surface area contributed by atoms with Crippen LogP contribution in [0, 0.1) is 0 Å². The van der Waals surface area contributed by atoms with Gasteiger partial charge in [-0.1, -0.05) is 37.9 Å². The molecule has 0 saturated carbocycles. The maximum absolute atomic E-state index is 12.1. The lowest BCUT2D eigenvalue weighted by molar-refractivity contribution is 0.597. The molecule has 0 aliphatic carbocycles. The Bertz CT molecular complexity index is 675. The lowest BCUT2D eigenvalue weighted by atomic mass is 10.4. The molecule has 4 nitrogen and oxygen atoms in total. The largest absolute Gasteiger partial charge is 0.239 e. The van der Waals surface area contributed by atoms with E-state index in [0.717, 1.165) is 6.07 Å². The molecule has 0 bridgehead atoms. The fraction of sp³-hybridized carbons (Fsp3) is 0.250. The smallest absolute Gasteiger partial charge is 0.222 e. The minimum Gasteiger partial charge on any atom is -0.222 e. The number of rotatable bonds is 3. The van der Waals surface area contributed by atoms with Gasteiger partial charge >= 0.3 is 0 Å². The van der Waals surface area contributed by atoms with E-state index in [1.54, 1.807) is 0 Å². The highest BCUT2D eigenvalue weighted by atomic mass is 80.0. The van der Waals surface area contributed by atoms with Crippen molar-refractivity contribution in [1.29, 1.82) is 0 Å². The van der Waals surface area contributed by atoms with Crippen LogP contribution < -0.4 is 0 Å². The summed E-state index contributed by atoms with van der Waals surface area (Å²) < 4.78 is 45.6. The monoisotopic (exact) mass is 624 g/mol. The van der Waals surface area contributed by atoms with Crippen molar-refractivity contribution in [2.24, 2.45) is 0 Å². The van der Waals surface area contributed by atoms with E-state index >= 15 is 0 Å². The van der Waals surface area contributed by atoms with Crippen molar-refractivity contribution in [3.63, 3.8) is 0 Å². The van der Waals surface area contributed by atoms with Crippen molar-refractivity contribution in [1.82, 2.24) is 0 Å². The number of sulfone groups is 2. The van der Waals surface area contributed by atoms with Gasteiger partial charge in [-0.05, 0) is 66.0 Å². The molecule has 0 N–H and O–H groups in total. The second-order valence-corrected chi connectivity index (χ2v) is 20.0. The molecule has 0 saturated heterocycles. The van der Waals surface area contributed by atoms with Crippen molar-refractivity contribution in [3.05, 3.63) is 24.3 Å². The summed E-state index contributed by atoms with van der Waals surface area (Å²) >= 11 is 14.6. The van der Waals surface area contributed by atoms with Crippen LogP contribution in [0.25, 0.3) is 0 Å². The minimum atomic E-state index is -3.83. The standard InChI is InChI=1S/C8H5Br5O4S2/c9-7(10)18(14,15)5-2-1-3-6(4-5)19(16,17)8(11,12)13/h1-4,7H. The second kappa shape index (κ2) is 6.33. The predicted octanol–water partition coefficient (Wildman–Crippen LogP) is 4.10. The maximum atomic E-state index is 12.1. The Morgan fingerprint density at radius 3 is 1.84 bits per heavy atom. The number of hydrogen-bond acceptors (Lipinski definition) is 4. The molecule has 0 spiro atoms. The molecular weight excluding hydrogens is 624 g/mol. The first kappa shape index (κ1) is 18.6. The summed E-state index contributed by atoms with van der Waals surface area (Å²) in [4.78, 5) is -0.246. The van der Waals surface area contributed by atoms with E-state index < -0.39 is 24.2 Å². The highest BCUT2D eigenvalue weighted by molar-refractivity contribution is 9.42. The van der Waals surface area contributed by atoms with Crippen LogP contribution in [0.1, 0.15) is 0 Å². The Hall–Kier alpha value is 1.52. The normalized spacial score (nSPS) is 13.8. The van der Waals surface area contributed by atoms with Crippen LogP contribution >= 0.6 is 79.6 Å².